The summed E-state index contributed by atoms with van der Waals surface area (Å²) in [5.74, 6) is 1.10. The Balaban J connectivity index is 1.63. The highest BCUT2D eigenvalue weighted by molar-refractivity contribution is 7.80. The largest absolute Gasteiger partial charge is 0.497 e. The zero-order valence-corrected chi connectivity index (χ0v) is 16.1. The van der Waals surface area contributed by atoms with Crippen LogP contribution in [0.5, 0.6) is 5.75 Å². The highest BCUT2D eigenvalue weighted by atomic mass is 35.5. The van der Waals surface area contributed by atoms with Gasteiger partial charge in [-0.15, -0.1) is 5.10 Å². The summed E-state index contributed by atoms with van der Waals surface area (Å²) < 4.78 is 6.81. The molecule has 0 bridgehead atoms. The molecule has 2 N–H and O–H groups in total. The van der Waals surface area contributed by atoms with Gasteiger partial charge >= 0.3 is 0 Å². The predicted molar refractivity (Wildman–Crippen MR) is 108 cm³/mol. The van der Waals surface area contributed by atoms with E-state index in [1.165, 1.54) is 0 Å². The number of nitrogens with zero attached hydrogens (tertiary/aromatic N) is 3. The van der Waals surface area contributed by atoms with Crippen molar-refractivity contribution in [2.24, 2.45) is 0 Å². The van der Waals surface area contributed by atoms with Gasteiger partial charge in [-0.2, -0.15) is 0 Å². The molecule has 1 heterocycles. The maximum absolute atomic E-state index is 6.18. The fourth-order valence-electron chi connectivity index (χ4n) is 2.24. The summed E-state index contributed by atoms with van der Waals surface area (Å²) in [6, 6.07) is 12.8. The molecule has 0 spiro atoms. The van der Waals surface area contributed by atoms with Crippen LogP contribution >= 0.6 is 35.4 Å². The van der Waals surface area contributed by atoms with Gasteiger partial charge in [-0.1, -0.05) is 35.3 Å². The van der Waals surface area contributed by atoms with Crippen molar-refractivity contribution in [2.75, 3.05) is 17.7 Å². The molecule has 3 aromatic rings. The molecule has 6 nitrogen and oxygen atoms in total. The van der Waals surface area contributed by atoms with E-state index in [4.69, 9.17) is 40.2 Å². The van der Waals surface area contributed by atoms with Gasteiger partial charge < -0.3 is 10.1 Å². The van der Waals surface area contributed by atoms with E-state index in [9.17, 15) is 0 Å². The number of hydrogen-bond acceptors (Lipinski definition) is 4. The van der Waals surface area contributed by atoms with Crippen molar-refractivity contribution >= 4 is 52.2 Å². The Morgan fingerprint density at radius 1 is 1.15 bits per heavy atom. The standard InChI is InChI=1S/C17H15Cl2N5OS/c1-25-12-5-2-4-11(8-12)21-17(26)22-16-20-10-24(23-16)9-13-14(18)6-3-7-15(13)19/h2-8,10H,9H2,1H3,(H2,21,22,23,26). The molecule has 2 aromatic carbocycles. The predicted octanol–water partition coefficient (Wildman–Crippen LogP) is 4.45. The summed E-state index contributed by atoms with van der Waals surface area (Å²) in [6.45, 7) is 0.406. The number of benzene rings is 2. The van der Waals surface area contributed by atoms with Crippen LogP contribution in [0.1, 0.15) is 5.56 Å². The third-order valence-electron chi connectivity index (χ3n) is 3.47. The van der Waals surface area contributed by atoms with Crippen molar-refractivity contribution in [2.45, 2.75) is 6.54 Å². The third kappa shape index (κ3) is 4.63. The monoisotopic (exact) mass is 407 g/mol. The highest BCUT2D eigenvalue weighted by Crippen LogP contribution is 2.25. The van der Waals surface area contributed by atoms with Gasteiger partial charge in [0.2, 0.25) is 5.95 Å². The Bertz CT molecular complexity index is 911. The van der Waals surface area contributed by atoms with Crippen molar-refractivity contribution in [3.8, 4) is 5.75 Å². The summed E-state index contributed by atoms with van der Waals surface area (Å²) in [7, 11) is 1.61. The van der Waals surface area contributed by atoms with Gasteiger partial charge in [0, 0.05) is 27.4 Å². The van der Waals surface area contributed by atoms with E-state index in [-0.39, 0.29) is 0 Å². The van der Waals surface area contributed by atoms with Gasteiger partial charge in [0.05, 0.1) is 13.7 Å². The number of nitrogens with one attached hydrogen (secondary N) is 2. The zero-order valence-electron chi connectivity index (χ0n) is 13.7. The summed E-state index contributed by atoms with van der Waals surface area (Å²) in [4.78, 5) is 4.19. The molecule has 0 unspecified atom stereocenters. The first kappa shape index (κ1) is 18.4. The topological polar surface area (TPSA) is 64.0 Å². The number of halogens is 2. The lowest BCUT2D eigenvalue weighted by atomic mass is 10.2. The minimum absolute atomic E-state index is 0.367. The molecule has 134 valence electrons. The fraction of sp³-hybridized carbons (Fsp3) is 0.118. The van der Waals surface area contributed by atoms with Gasteiger partial charge in [-0.25, -0.2) is 9.67 Å². The Kier molecular flexibility index (Phi) is 5.92. The molecule has 0 atom stereocenters. The van der Waals surface area contributed by atoms with Crippen LogP contribution in [0.3, 0.4) is 0 Å². The lowest BCUT2D eigenvalue weighted by Crippen LogP contribution is -2.20. The maximum atomic E-state index is 6.18. The molecule has 0 radical (unpaired) electrons. The van der Waals surface area contributed by atoms with Gasteiger partial charge in [-0.3, -0.25) is 5.32 Å². The Hall–Kier alpha value is -2.35. The molecular formula is C17H15Cl2N5OS. The van der Waals surface area contributed by atoms with Crippen LogP contribution in [0, 0.1) is 0 Å². The number of thiocarbonyl (C=S) groups is 1. The van der Waals surface area contributed by atoms with Crippen LogP contribution in [0.2, 0.25) is 10.0 Å². The second-order valence-electron chi connectivity index (χ2n) is 5.28. The van der Waals surface area contributed by atoms with Crippen LogP contribution in [0.25, 0.3) is 0 Å². The summed E-state index contributed by atoms with van der Waals surface area (Å²) >= 11 is 17.6. The molecule has 1 aromatic heterocycles. The molecule has 0 fully saturated rings. The van der Waals surface area contributed by atoms with Crippen LogP contribution in [0.4, 0.5) is 11.6 Å². The number of hydrogen-bond donors (Lipinski definition) is 2. The van der Waals surface area contributed by atoms with Gasteiger partial charge in [-0.05, 0) is 36.5 Å². The van der Waals surface area contributed by atoms with E-state index in [1.807, 2.05) is 24.3 Å². The summed E-state index contributed by atoms with van der Waals surface area (Å²) in [5, 5.41) is 11.8. The number of ether oxygens (including phenoxy) is 1. The second kappa shape index (κ2) is 8.35. The molecule has 0 aliphatic carbocycles. The van der Waals surface area contributed by atoms with Gasteiger partial charge in [0.15, 0.2) is 5.11 Å². The van der Waals surface area contributed by atoms with E-state index in [2.05, 4.69) is 20.7 Å². The highest BCUT2D eigenvalue weighted by Gasteiger charge is 2.09. The average molecular weight is 408 g/mol. The van der Waals surface area contributed by atoms with Crippen LogP contribution in [-0.2, 0) is 6.54 Å². The smallest absolute Gasteiger partial charge is 0.248 e. The van der Waals surface area contributed by atoms with Crippen LogP contribution < -0.4 is 15.4 Å². The van der Waals surface area contributed by atoms with Crippen LogP contribution in [-0.4, -0.2) is 27.0 Å². The lowest BCUT2D eigenvalue weighted by Gasteiger charge is -2.09. The Labute approximate surface area is 166 Å². The minimum Gasteiger partial charge on any atom is -0.497 e. The molecule has 0 aliphatic rings. The molecule has 26 heavy (non-hydrogen) atoms. The van der Waals surface area contributed by atoms with Crippen molar-refractivity contribution in [3.63, 3.8) is 0 Å². The van der Waals surface area contributed by atoms with Gasteiger partial charge in [0.25, 0.3) is 0 Å². The van der Waals surface area contributed by atoms with Crippen molar-refractivity contribution in [3.05, 3.63) is 64.4 Å². The SMILES string of the molecule is COc1cccc(NC(=S)Nc2ncn(Cc3c(Cl)cccc3Cl)n2)c1. The van der Waals surface area contributed by atoms with E-state index < -0.39 is 0 Å². The zero-order chi connectivity index (χ0) is 18.5. The van der Waals surface area contributed by atoms with E-state index in [0.29, 0.717) is 27.7 Å². The van der Waals surface area contributed by atoms with E-state index >= 15 is 0 Å². The fourth-order valence-corrected chi connectivity index (χ4v) is 2.96. The first-order chi connectivity index (χ1) is 12.5. The summed E-state index contributed by atoms with van der Waals surface area (Å²) in [5.41, 5.74) is 1.58. The summed E-state index contributed by atoms with van der Waals surface area (Å²) in [6.07, 6.45) is 1.58. The maximum Gasteiger partial charge on any atom is 0.248 e. The lowest BCUT2D eigenvalue weighted by molar-refractivity contribution is 0.415. The Morgan fingerprint density at radius 2 is 1.88 bits per heavy atom. The normalized spacial score (nSPS) is 10.4. The van der Waals surface area contributed by atoms with Crippen molar-refractivity contribution in [1.82, 2.24) is 14.8 Å². The molecule has 3 rings (SSSR count). The first-order valence-electron chi connectivity index (χ1n) is 7.59. The number of rotatable bonds is 5. The third-order valence-corrected chi connectivity index (χ3v) is 4.38. The van der Waals surface area contributed by atoms with Crippen molar-refractivity contribution < 1.29 is 4.74 Å². The molecule has 9 heteroatoms. The van der Waals surface area contributed by atoms with Gasteiger partial charge in [0.1, 0.15) is 12.1 Å². The second-order valence-corrected chi connectivity index (χ2v) is 6.50. The molecule has 0 aliphatic heterocycles. The van der Waals surface area contributed by atoms with E-state index in [0.717, 1.165) is 17.0 Å². The number of methoxy groups -OCH3 is 1. The molecular weight excluding hydrogens is 393 g/mol. The first-order valence-corrected chi connectivity index (χ1v) is 8.76. The quantitative estimate of drug-likeness (QED) is 0.609. The number of anilines is 2. The molecule has 0 amide bonds. The van der Waals surface area contributed by atoms with Crippen molar-refractivity contribution in [1.29, 1.82) is 0 Å². The average Bonchev–Trinajstić information content (AvgIpc) is 3.05. The Morgan fingerprint density at radius 3 is 2.62 bits per heavy atom. The van der Waals surface area contributed by atoms with E-state index in [1.54, 1.807) is 36.3 Å². The molecule has 0 saturated heterocycles. The minimum atomic E-state index is 0.367. The van der Waals surface area contributed by atoms with Crippen LogP contribution in [0.15, 0.2) is 48.8 Å². The molecule has 0 saturated carbocycles. The number of aromatic nitrogens is 3.